The topological polar surface area (TPSA) is 9.23 Å². The molecule has 0 saturated heterocycles. The van der Waals surface area contributed by atoms with Crippen LogP contribution in [-0.2, 0) is 12.8 Å². The molecule has 0 aromatic heterocycles. The second kappa shape index (κ2) is 3.41. The molecule has 0 amide bonds. The Hall–Kier alpha value is -0.980. The zero-order chi connectivity index (χ0) is 9.26. The Bertz CT molecular complexity index is 302. The molecule has 1 heteroatoms. The standard InChI is InChI=1S/C12H16O/c1-9(2)7-10-3-4-11-5-6-13-12(11)8-10/h3-4,8-9H,5-7H2,1-2H3. The quantitative estimate of drug-likeness (QED) is 0.673. The number of hydrogen-bond donors (Lipinski definition) is 0. The number of rotatable bonds is 2. The number of fused-ring (bicyclic) bond motifs is 1. The first-order chi connectivity index (χ1) is 6.25. The summed E-state index contributed by atoms with van der Waals surface area (Å²) < 4.78 is 5.52. The van der Waals surface area contributed by atoms with Crippen molar-refractivity contribution in [3.05, 3.63) is 29.3 Å². The molecule has 70 valence electrons. The Morgan fingerprint density at radius 3 is 3.00 bits per heavy atom. The van der Waals surface area contributed by atoms with Gasteiger partial charge in [-0.1, -0.05) is 26.0 Å². The van der Waals surface area contributed by atoms with Gasteiger partial charge in [0.2, 0.25) is 0 Å². The highest BCUT2D eigenvalue weighted by atomic mass is 16.5. The summed E-state index contributed by atoms with van der Waals surface area (Å²) in [5, 5.41) is 0. The molecule has 1 aromatic rings. The molecule has 1 aliphatic rings. The number of ether oxygens (including phenoxy) is 1. The lowest BCUT2D eigenvalue weighted by Gasteiger charge is -2.06. The van der Waals surface area contributed by atoms with Gasteiger partial charge in [0.25, 0.3) is 0 Å². The van der Waals surface area contributed by atoms with E-state index in [2.05, 4.69) is 32.0 Å². The lowest BCUT2D eigenvalue weighted by molar-refractivity contribution is 0.356. The lowest BCUT2D eigenvalue weighted by atomic mass is 10.0. The van der Waals surface area contributed by atoms with E-state index in [0.717, 1.165) is 31.1 Å². The molecule has 1 heterocycles. The highest BCUT2D eigenvalue weighted by Crippen LogP contribution is 2.26. The molecule has 0 N–H and O–H groups in total. The van der Waals surface area contributed by atoms with Crippen molar-refractivity contribution in [2.24, 2.45) is 5.92 Å². The molecule has 0 saturated carbocycles. The van der Waals surface area contributed by atoms with Gasteiger partial charge in [0.05, 0.1) is 6.61 Å². The van der Waals surface area contributed by atoms with Crippen molar-refractivity contribution in [3.8, 4) is 5.75 Å². The molecule has 1 aliphatic heterocycles. The highest BCUT2D eigenvalue weighted by Gasteiger charge is 2.11. The van der Waals surface area contributed by atoms with Crippen LogP contribution in [0.4, 0.5) is 0 Å². The molecule has 0 radical (unpaired) electrons. The van der Waals surface area contributed by atoms with Gasteiger partial charge >= 0.3 is 0 Å². The van der Waals surface area contributed by atoms with E-state index in [1.165, 1.54) is 11.1 Å². The van der Waals surface area contributed by atoms with Crippen molar-refractivity contribution in [1.29, 1.82) is 0 Å². The summed E-state index contributed by atoms with van der Waals surface area (Å²) in [5.41, 5.74) is 2.77. The second-order valence-electron chi connectivity index (χ2n) is 4.14. The van der Waals surface area contributed by atoms with Gasteiger partial charge in [-0.05, 0) is 29.5 Å². The maximum Gasteiger partial charge on any atom is 0.122 e. The van der Waals surface area contributed by atoms with Gasteiger partial charge in [-0.25, -0.2) is 0 Å². The van der Waals surface area contributed by atoms with Gasteiger partial charge < -0.3 is 4.74 Å². The van der Waals surface area contributed by atoms with Crippen LogP contribution in [0.3, 0.4) is 0 Å². The molecule has 0 atom stereocenters. The molecule has 0 aliphatic carbocycles. The normalized spacial score (nSPS) is 14.4. The van der Waals surface area contributed by atoms with Gasteiger partial charge in [-0.3, -0.25) is 0 Å². The van der Waals surface area contributed by atoms with Crippen molar-refractivity contribution in [2.75, 3.05) is 6.61 Å². The summed E-state index contributed by atoms with van der Waals surface area (Å²) in [6.45, 7) is 5.35. The smallest absolute Gasteiger partial charge is 0.122 e. The molecular weight excluding hydrogens is 160 g/mol. The van der Waals surface area contributed by atoms with Crippen molar-refractivity contribution < 1.29 is 4.74 Å². The van der Waals surface area contributed by atoms with E-state index in [0.29, 0.717) is 0 Å². The predicted molar refractivity (Wildman–Crippen MR) is 54.2 cm³/mol. The van der Waals surface area contributed by atoms with Crippen LogP contribution >= 0.6 is 0 Å². The molecule has 13 heavy (non-hydrogen) atoms. The third kappa shape index (κ3) is 1.85. The van der Waals surface area contributed by atoms with Crippen LogP contribution in [0.5, 0.6) is 5.75 Å². The van der Waals surface area contributed by atoms with E-state index in [1.807, 2.05) is 0 Å². The zero-order valence-electron chi connectivity index (χ0n) is 8.34. The minimum absolute atomic E-state index is 0.722. The Balaban J connectivity index is 2.21. The SMILES string of the molecule is CC(C)Cc1ccc2c(c1)OCC2. The van der Waals surface area contributed by atoms with E-state index in [1.54, 1.807) is 0 Å². The molecule has 1 nitrogen and oxygen atoms in total. The average Bonchev–Trinajstić information content (AvgIpc) is 2.49. The summed E-state index contributed by atoms with van der Waals surface area (Å²) in [6, 6.07) is 6.63. The fourth-order valence-electron chi connectivity index (χ4n) is 1.81. The monoisotopic (exact) mass is 176 g/mol. The van der Waals surface area contributed by atoms with Crippen LogP contribution in [0.25, 0.3) is 0 Å². The summed E-state index contributed by atoms with van der Waals surface area (Å²) in [4.78, 5) is 0. The van der Waals surface area contributed by atoms with E-state index in [-0.39, 0.29) is 0 Å². The van der Waals surface area contributed by atoms with Crippen LogP contribution in [0.2, 0.25) is 0 Å². The summed E-state index contributed by atoms with van der Waals surface area (Å²) in [5.74, 6) is 1.83. The van der Waals surface area contributed by atoms with E-state index < -0.39 is 0 Å². The van der Waals surface area contributed by atoms with Crippen molar-refractivity contribution in [2.45, 2.75) is 26.7 Å². The maximum absolute atomic E-state index is 5.52. The van der Waals surface area contributed by atoms with E-state index in [4.69, 9.17) is 4.74 Å². The lowest BCUT2D eigenvalue weighted by Crippen LogP contribution is -1.94. The number of hydrogen-bond acceptors (Lipinski definition) is 1. The van der Waals surface area contributed by atoms with Gasteiger partial charge in [0.1, 0.15) is 5.75 Å². The molecule has 0 unspecified atom stereocenters. The first-order valence-electron chi connectivity index (χ1n) is 5.00. The Morgan fingerprint density at radius 2 is 2.23 bits per heavy atom. The van der Waals surface area contributed by atoms with Crippen molar-refractivity contribution in [3.63, 3.8) is 0 Å². The van der Waals surface area contributed by atoms with Crippen LogP contribution in [-0.4, -0.2) is 6.61 Å². The van der Waals surface area contributed by atoms with Crippen LogP contribution < -0.4 is 4.74 Å². The fourth-order valence-corrected chi connectivity index (χ4v) is 1.81. The summed E-state index contributed by atoms with van der Waals surface area (Å²) >= 11 is 0. The second-order valence-corrected chi connectivity index (χ2v) is 4.14. The molecule has 0 spiro atoms. The van der Waals surface area contributed by atoms with Crippen LogP contribution in [0, 0.1) is 5.92 Å². The van der Waals surface area contributed by atoms with Crippen LogP contribution in [0.15, 0.2) is 18.2 Å². The Kier molecular flexibility index (Phi) is 2.26. The van der Waals surface area contributed by atoms with Crippen molar-refractivity contribution >= 4 is 0 Å². The largest absolute Gasteiger partial charge is 0.493 e. The fraction of sp³-hybridized carbons (Fsp3) is 0.500. The number of benzene rings is 1. The first-order valence-corrected chi connectivity index (χ1v) is 5.00. The minimum atomic E-state index is 0.722. The summed E-state index contributed by atoms with van der Waals surface area (Å²) in [7, 11) is 0. The molecule has 0 fully saturated rings. The van der Waals surface area contributed by atoms with Gasteiger partial charge in [-0.15, -0.1) is 0 Å². The molecule has 0 bridgehead atoms. The third-order valence-corrected chi connectivity index (χ3v) is 2.40. The zero-order valence-corrected chi connectivity index (χ0v) is 8.34. The molecule has 1 aromatic carbocycles. The third-order valence-electron chi connectivity index (χ3n) is 2.40. The molecular formula is C12H16O. The summed E-state index contributed by atoms with van der Waals surface area (Å²) in [6.07, 6.45) is 2.23. The van der Waals surface area contributed by atoms with Gasteiger partial charge in [0, 0.05) is 6.42 Å². The van der Waals surface area contributed by atoms with E-state index >= 15 is 0 Å². The maximum atomic E-state index is 5.52. The van der Waals surface area contributed by atoms with E-state index in [9.17, 15) is 0 Å². The predicted octanol–water partition coefficient (Wildman–Crippen LogP) is 2.82. The van der Waals surface area contributed by atoms with Gasteiger partial charge in [0.15, 0.2) is 0 Å². The first kappa shape index (κ1) is 8.61. The Labute approximate surface area is 79.7 Å². The highest BCUT2D eigenvalue weighted by molar-refractivity contribution is 5.40. The van der Waals surface area contributed by atoms with Crippen LogP contribution in [0.1, 0.15) is 25.0 Å². The molecule has 2 rings (SSSR count). The Morgan fingerprint density at radius 1 is 1.38 bits per heavy atom. The minimum Gasteiger partial charge on any atom is -0.493 e. The van der Waals surface area contributed by atoms with Gasteiger partial charge in [-0.2, -0.15) is 0 Å². The average molecular weight is 176 g/mol. The van der Waals surface area contributed by atoms with Crippen molar-refractivity contribution in [1.82, 2.24) is 0 Å².